The van der Waals surface area contributed by atoms with E-state index in [-0.39, 0.29) is 5.69 Å². The second kappa shape index (κ2) is 6.23. The number of hydrogen-bond acceptors (Lipinski definition) is 4. The van der Waals surface area contributed by atoms with Crippen molar-refractivity contribution in [1.82, 2.24) is 14.7 Å². The number of aromatic nitrogens is 2. The molecule has 1 aliphatic rings. The van der Waals surface area contributed by atoms with E-state index in [1.54, 1.807) is 0 Å². The first-order valence-electron chi connectivity index (χ1n) is 7.37. The summed E-state index contributed by atoms with van der Waals surface area (Å²) in [5.41, 5.74) is -0.200. The number of carbonyl (C=O) groups excluding carboxylic acids is 1. The Hall–Kier alpha value is -3.03. The number of rotatable bonds is 3. The van der Waals surface area contributed by atoms with Gasteiger partial charge >= 0.3 is 5.97 Å². The van der Waals surface area contributed by atoms with Crippen LogP contribution in [0.15, 0.2) is 41.2 Å². The molecule has 0 saturated carbocycles. The number of nitrogens with zero attached hydrogens (tertiary/aromatic N) is 3. The van der Waals surface area contributed by atoms with Gasteiger partial charge in [-0.3, -0.25) is 9.59 Å². The summed E-state index contributed by atoms with van der Waals surface area (Å²) in [6.45, 7) is 0.327. The van der Waals surface area contributed by atoms with Crippen molar-refractivity contribution in [2.45, 2.75) is 18.9 Å². The number of hydrogen-bond donors (Lipinski definition) is 1. The number of likely N-dealkylation sites (tertiary alicyclic amines) is 1. The lowest BCUT2D eigenvalue weighted by Crippen LogP contribution is -2.41. The standard InChI is InChI=1S/C16H14FN3O4/c17-10-3-5-11(6-4-10)20-14(21)8-7-12(18-20)15(22)19-9-1-2-13(19)16(23)24/h3-8,13H,1-2,9H2,(H,23,24). The molecular weight excluding hydrogens is 317 g/mol. The van der Waals surface area contributed by atoms with Crippen LogP contribution in [0.1, 0.15) is 23.3 Å². The van der Waals surface area contributed by atoms with Crippen LogP contribution in [0.3, 0.4) is 0 Å². The number of aliphatic carboxylic acids is 1. The minimum Gasteiger partial charge on any atom is -0.480 e. The van der Waals surface area contributed by atoms with Gasteiger partial charge in [0.05, 0.1) is 5.69 Å². The topological polar surface area (TPSA) is 92.5 Å². The Labute approximate surface area is 135 Å². The van der Waals surface area contributed by atoms with Crippen molar-refractivity contribution in [3.63, 3.8) is 0 Å². The molecule has 1 atom stereocenters. The van der Waals surface area contributed by atoms with Crippen molar-refractivity contribution >= 4 is 11.9 Å². The Morgan fingerprint density at radius 2 is 1.88 bits per heavy atom. The molecule has 7 nitrogen and oxygen atoms in total. The summed E-state index contributed by atoms with van der Waals surface area (Å²) in [4.78, 5) is 37.0. The van der Waals surface area contributed by atoms with Crippen LogP contribution in [0.5, 0.6) is 0 Å². The van der Waals surface area contributed by atoms with E-state index in [0.717, 1.165) is 4.68 Å². The van der Waals surface area contributed by atoms with Gasteiger partial charge in [-0.25, -0.2) is 9.18 Å². The van der Waals surface area contributed by atoms with Crippen LogP contribution >= 0.6 is 0 Å². The average Bonchev–Trinajstić information content (AvgIpc) is 3.05. The van der Waals surface area contributed by atoms with Crippen LogP contribution in [0.2, 0.25) is 0 Å². The summed E-state index contributed by atoms with van der Waals surface area (Å²) >= 11 is 0. The minimum absolute atomic E-state index is 0.0351. The molecule has 24 heavy (non-hydrogen) atoms. The Kier molecular flexibility index (Phi) is 4.11. The molecule has 0 bridgehead atoms. The summed E-state index contributed by atoms with van der Waals surface area (Å²) in [6.07, 6.45) is 0.985. The molecule has 1 saturated heterocycles. The van der Waals surface area contributed by atoms with E-state index in [2.05, 4.69) is 5.10 Å². The van der Waals surface area contributed by atoms with Crippen LogP contribution in [0.4, 0.5) is 4.39 Å². The molecule has 1 unspecified atom stereocenters. The lowest BCUT2D eigenvalue weighted by Gasteiger charge is -2.21. The average molecular weight is 331 g/mol. The molecular formula is C16H14FN3O4. The first-order valence-corrected chi connectivity index (χ1v) is 7.37. The number of amides is 1. The van der Waals surface area contributed by atoms with Crippen LogP contribution in [0, 0.1) is 5.82 Å². The molecule has 124 valence electrons. The summed E-state index contributed by atoms with van der Waals surface area (Å²) < 4.78 is 14.0. The quantitative estimate of drug-likeness (QED) is 0.908. The number of carbonyl (C=O) groups is 2. The Bertz CT molecular complexity index is 847. The zero-order valence-electron chi connectivity index (χ0n) is 12.6. The van der Waals surface area contributed by atoms with Crippen molar-refractivity contribution < 1.29 is 19.1 Å². The zero-order chi connectivity index (χ0) is 17.3. The number of carboxylic acid groups (broad SMARTS) is 1. The third kappa shape index (κ3) is 2.90. The van der Waals surface area contributed by atoms with Crippen molar-refractivity contribution in [1.29, 1.82) is 0 Å². The van der Waals surface area contributed by atoms with Gasteiger partial charge in [-0.15, -0.1) is 0 Å². The van der Waals surface area contributed by atoms with Crippen molar-refractivity contribution in [3.8, 4) is 5.69 Å². The molecule has 0 aliphatic carbocycles. The highest BCUT2D eigenvalue weighted by atomic mass is 19.1. The first-order chi connectivity index (χ1) is 11.5. The predicted molar refractivity (Wildman–Crippen MR) is 81.5 cm³/mol. The molecule has 1 fully saturated rings. The normalized spacial score (nSPS) is 17.0. The van der Waals surface area contributed by atoms with E-state index in [4.69, 9.17) is 0 Å². The Morgan fingerprint density at radius 1 is 1.17 bits per heavy atom. The van der Waals surface area contributed by atoms with Gasteiger partial charge in [-0.2, -0.15) is 9.78 Å². The van der Waals surface area contributed by atoms with Gasteiger partial charge in [-0.1, -0.05) is 0 Å². The Balaban J connectivity index is 1.96. The lowest BCUT2D eigenvalue weighted by molar-refractivity contribution is -0.141. The maximum atomic E-state index is 13.0. The van der Waals surface area contributed by atoms with E-state index in [0.29, 0.717) is 25.1 Å². The van der Waals surface area contributed by atoms with Crippen LogP contribution in [0.25, 0.3) is 5.69 Å². The molecule has 1 aromatic heterocycles. The molecule has 1 aliphatic heterocycles. The molecule has 1 aromatic carbocycles. The number of halogens is 1. The van der Waals surface area contributed by atoms with E-state index in [1.165, 1.54) is 41.3 Å². The summed E-state index contributed by atoms with van der Waals surface area (Å²) in [5, 5.41) is 13.2. The smallest absolute Gasteiger partial charge is 0.326 e. The highest BCUT2D eigenvalue weighted by molar-refractivity contribution is 5.95. The van der Waals surface area contributed by atoms with E-state index < -0.39 is 29.3 Å². The molecule has 8 heteroatoms. The third-order valence-corrected chi connectivity index (χ3v) is 3.89. The molecule has 1 amide bonds. The molecule has 1 N–H and O–H groups in total. The predicted octanol–water partition coefficient (Wildman–Crippen LogP) is 1.06. The van der Waals surface area contributed by atoms with E-state index in [1.807, 2.05) is 0 Å². The third-order valence-electron chi connectivity index (χ3n) is 3.89. The minimum atomic E-state index is -1.06. The SMILES string of the molecule is O=C(O)C1CCCN1C(=O)c1ccc(=O)n(-c2ccc(F)cc2)n1. The molecule has 0 spiro atoms. The van der Waals surface area contributed by atoms with Gasteiger partial charge in [0.1, 0.15) is 17.6 Å². The van der Waals surface area contributed by atoms with Crippen LogP contribution < -0.4 is 5.56 Å². The number of carboxylic acids is 1. The summed E-state index contributed by atoms with van der Waals surface area (Å²) in [6, 6.07) is 6.65. The Morgan fingerprint density at radius 3 is 2.54 bits per heavy atom. The lowest BCUT2D eigenvalue weighted by atomic mass is 10.2. The van der Waals surface area contributed by atoms with Crippen molar-refractivity contribution in [2.75, 3.05) is 6.54 Å². The highest BCUT2D eigenvalue weighted by Gasteiger charge is 2.35. The zero-order valence-corrected chi connectivity index (χ0v) is 12.6. The van der Waals surface area contributed by atoms with E-state index in [9.17, 15) is 23.9 Å². The first kappa shape index (κ1) is 15.9. The van der Waals surface area contributed by atoms with Crippen LogP contribution in [-0.2, 0) is 4.79 Å². The monoisotopic (exact) mass is 331 g/mol. The maximum Gasteiger partial charge on any atom is 0.326 e. The van der Waals surface area contributed by atoms with Gasteiger partial charge < -0.3 is 10.0 Å². The van der Waals surface area contributed by atoms with Gasteiger partial charge in [0.25, 0.3) is 11.5 Å². The highest BCUT2D eigenvalue weighted by Crippen LogP contribution is 2.19. The van der Waals surface area contributed by atoms with Gasteiger partial charge in [0.15, 0.2) is 0 Å². The second-order valence-electron chi connectivity index (χ2n) is 5.44. The fraction of sp³-hybridized carbons (Fsp3) is 0.250. The van der Waals surface area contributed by atoms with Gasteiger partial charge in [0, 0.05) is 12.6 Å². The van der Waals surface area contributed by atoms with Gasteiger partial charge in [-0.05, 0) is 43.2 Å². The second-order valence-corrected chi connectivity index (χ2v) is 5.44. The summed E-state index contributed by atoms with van der Waals surface area (Å²) in [7, 11) is 0. The van der Waals surface area contributed by atoms with Crippen molar-refractivity contribution in [3.05, 3.63) is 58.3 Å². The van der Waals surface area contributed by atoms with Crippen molar-refractivity contribution in [2.24, 2.45) is 0 Å². The van der Waals surface area contributed by atoms with E-state index >= 15 is 0 Å². The maximum absolute atomic E-state index is 13.0. The largest absolute Gasteiger partial charge is 0.480 e. The summed E-state index contributed by atoms with van der Waals surface area (Å²) in [5.74, 6) is -2.07. The van der Waals surface area contributed by atoms with Gasteiger partial charge in [0.2, 0.25) is 0 Å². The number of benzene rings is 1. The van der Waals surface area contributed by atoms with Crippen LogP contribution in [-0.4, -0.2) is 44.3 Å². The fourth-order valence-corrected chi connectivity index (χ4v) is 2.71. The molecule has 3 rings (SSSR count). The molecule has 2 heterocycles. The molecule has 0 radical (unpaired) electrons. The molecule has 2 aromatic rings. The fourth-order valence-electron chi connectivity index (χ4n) is 2.71.